The molecule has 0 aromatic carbocycles. The molecular formula is C9H19NO. The first-order valence-corrected chi connectivity index (χ1v) is 4.55. The highest BCUT2D eigenvalue weighted by molar-refractivity contribution is 4.79. The molecule has 0 aliphatic carbocycles. The molecule has 0 aromatic rings. The Morgan fingerprint density at radius 2 is 2.36 bits per heavy atom. The highest BCUT2D eigenvalue weighted by Gasteiger charge is 2.29. The molecule has 0 spiro atoms. The molecule has 2 unspecified atom stereocenters. The number of rotatable bonds is 3. The van der Waals surface area contributed by atoms with Crippen molar-refractivity contribution in [3.8, 4) is 0 Å². The quantitative estimate of drug-likeness (QED) is 0.674. The normalized spacial score (nSPS) is 34.1. The summed E-state index contributed by atoms with van der Waals surface area (Å²) in [6.07, 6.45) is 2.37. The highest BCUT2D eigenvalue weighted by Crippen LogP contribution is 2.22. The Morgan fingerprint density at radius 3 is 2.82 bits per heavy atom. The third-order valence-electron chi connectivity index (χ3n) is 2.46. The molecule has 1 fully saturated rings. The molecule has 0 radical (unpaired) electrons. The minimum atomic E-state index is -0.0323. The van der Waals surface area contributed by atoms with E-state index >= 15 is 0 Å². The summed E-state index contributed by atoms with van der Waals surface area (Å²) >= 11 is 0. The van der Waals surface area contributed by atoms with E-state index in [4.69, 9.17) is 4.74 Å². The van der Waals surface area contributed by atoms with E-state index in [1.807, 2.05) is 0 Å². The van der Waals surface area contributed by atoms with Crippen molar-refractivity contribution >= 4 is 0 Å². The van der Waals surface area contributed by atoms with Crippen LogP contribution in [0.3, 0.4) is 0 Å². The fourth-order valence-electron chi connectivity index (χ4n) is 1.58. The van der Waals surface area contributed by atoms with Gasteiger partial charge in [0.25, 0.3) is 0 Å². The number of hydrogen-bond donors (Lipinski definition) is 1. The third-order valence-corrected chi connectivity index (χ3v) is 2.46. The van der Waals surface area contributed by atoms with Crippen LogP contribution in [0.15, 0.2) is 0 Å². The zero-order chi connectivity index (χ0) is 8.32. The fraction of sp³-hybridized carbons (Fsp3) is 1.00. The largest absolute Gasteiger partial charge is 0.360 e. The maximum absolute atomic E-state index is 5.60. The summed E-state index contributed by atoms with van der Waals surface area (Å²) < 4.78 is 5.60. The van der Waals surface area contributed by atoms with Crippen LogP contribution in [0.25, 0.3) is 0 Å². The van der Waals surface area contributed by atoms with Crippen LogP contribution >= 0.6 is 0 Å². The van der Waals surface area contributed by atoms with Gasteiger partial charge < -0.3 is 4.74 Å². The van der Waals surface area contributed by atoms with E-state index < -0.39 is 0 Å². The van der Waals surface area contributed by atoms with E-state index in [1.165, 1.54) is 6.42 Å². The van der Waals surface area contributed by atoms with Crippen molar-refractivity contribution in [3.63, 3.8) is 0 Å². The van der Waals surface area contributed by atoms with E-state index in [-0.39, 0.29) is 5.72 Å². The summed E-state index contributed by atoms with van der Waals surface area (Å²) in [5.41, 5.74) is -0.0323. The van der Waals surface area contributed by atoms with Gasteiger partial charge in [-0.15, -0.1) is 0 Å². The second-order valence-electron chi connectivity index (χ2n) is 3.72. The summed E-state index contributed by atoms with van der Waals surface area (Å²) in [6.45, 7) is 8.52. The summed E-state index contributed by atoms with van der Waals surface area (Å²) in [4.78, 5) is 0. The first kappa shape index (κ1) is 9.01. The van der Waals surface area contributed by atoms with Crippen LogP contribution in [0, 0.1) is 5.92 Å². The van der Waals surface area contributed by atoms with E-state index in [0.717, 1.165) is 25.5 Å². The van der Waals surface area contributed by atoms with Gasteiger partial charge in [0.2, 0.25) is 0 Å². The first-order chi connectivity index (χ1) is 5.16. The Kier molecular flexibility index (Phi) is 2.90. The van der Waals surface area contributed by atoms with Crippen LogP contribution < -0.4 is 5.32 Å². The van der Waals surface area contributed by atoms with E-state index in [2.05, 4.69) is 26.1 Å². The fourth-order valence-corrected chi connectivity index (χ4v) is 1.58. The van der Waals surface area contributed by atoms with Gasteiger partial charge in [-0.05, 0) is 19.3 Å². The van der Waals surface area contributed by atoms with Gasteiger partial charge in [-0.3, -0.25) is 5.32 Å². The van der Waals surface area contributed by atoms with Gasteiger partial charge in [-0.25, -0.2) is 0 Å². The molecule has 1 rings (SSSR count). The maximum Gasteiger partial charge on any atom is 0.116 e. The molecule has 2 heteroatoms. The van der Waals surface area contributed by atoms with Crippen LogP contribution in [0.5, 0.6) is 0 Å². The SMILES string of the molecule is CCC(C)CC1(C)NCCO1. The van der Waals surface area contributed by atoms with E-state index in [1.54, 1.807) is 0 Å². The Bertz CT molecular complexity index is 119. The summed E-state index contributed by atoms with van der Waals surface area (Å²) in [6, 6.07) is 0. The van der Waals surface area contributed by atoms with Crippen molar-refractivity contribution in [2.24, 2.45) is 5.92 Å². The minimum absolute atomic E-state index is 0.0323. The predicted molar refractivity (Wildman–Crippen MR) is 46.4 cm³/mol. The molecule has 0 saturated carbocycles. The molecule has 1 N–H and O–H groups in total. The summed E-state index contributed by atoms with van der Waals surface area (Å²) in [7, 11) is 0. The molecule has 66 valence electrons. The molecule has 2 nitrogen and oxygen atoms in total. The molecule has 0 amide bonds. The zero-order valence-corrected chi connectivity index (χ0v) is 7.81. The number of hydrogen-bond acceptors (Lipinski definition) is 2. The van der Waals surface area contributed by atoms with Gasteiger partial charge >= 0.3 is 0 Å². The molecule has 1 aliphatic rings. The lowest BCUT2D eigenvalue weighted by atomic mass is 9.98. The average molecular weight is 157 g/mol. The van der Waals surface area contributed by atoms with Crippen LogP contribution in [-0.4, -0.2) is 18.9 Å². The molecule has 1 aliphatic heterocycles. The van der Waals surface area contributed by atoms with Crippen molar-refractivity contribution in [1.29, 1.82) is 0 Å². The van der Waals surface area contributed by atoms with E-state index in [9.17, 15) is 0 Å². The minimum Gasteiger partial charge on any atom is -0.360 e. The number of ether oxygens (including phenoxy) is 1. The second kappa shape index (κ2) is 3.55. The van der Waals surface area contributed by atoms with Crippen LogP contribution in [0.4, 0.5) is 0 Å². The topological polar surface area (TPSA) is 21.3 Å². The Labute approximate surface area is 69.3 Å². The average Bonchev–Trinajstić information content (AvgIpc) is 2.36. The van der Waals surface area contributed by atoms with Gasteiger partial charge in [0.05, 0.1) is 6.61 Å². The van der Waals surface area contributed by atoms with Gasteiger partial charge in [-0.2, -0.15) is 0 Å². The highest BCUT2D eigenvalue weighted by atomic mass is 16.5. The second-order valence-corrected chi connectivity index (χ2v) is 3.72. The van der Waals surface area contributed by atoms with Crippen LogP contribution in [-0.2, 0) is 4.74 Å². The van der Waals surface area contributed by atoms with Gasteiger partial charge in [0, 0.05) is 6.54 Å². The van der Waals surface area contributed by atoms with Crippen molar-refractivity contribution in [3.05, 3.63) is 0 Å². The Morgan fingerprint density at radius 1 is 1.64 bits per heavy atom. The molecule has 2 atom stereocenters. The Hall–Kier alpha value is -0.0800. The standard InChI is InChI=1S/C9H19NO/c1-4-8(2)7-9(3)10-5-6-11-9/h8,10H,4-7H2,1-3H3. The molecule has 1 heterocycles. The zero-order valence-electron chi connectivity index (χ0n) is 7.81. The lowest BCUT2D eigenvalue weighted by molar-refractivity contribution is -0.0120. The monoisotopic (exact) mass is 157 g/mol. The van der Waals surface area contributed by atoms with Gasteiger partial charge in [-0.1, -0.05) is 20.3 Å². The lowest BCUT2D eigenvalue weighted by Crippen LogP contribution is -2.39. The van der Waals surface area contributed by atoms with Crippen molar-refractivity contribution in [2.45, 2.75) is 39.3 Å². The molecule has 1 saturated heterocycles. The smallest absolute Gasteiger partial charge is 0.116 e. The molecular weight excluding hydrogens is 138 g/mol. The maximum atomic E-state index is 5.60. The third kappa shape index (κ3) is 2.46. The summed E-state index contributed by atoms with van der Waals surface area (Å²) in [5, 5.41) is 3.38. The van der Waals surface area contributed by atoms with Crippen LogP contribution in [0.1, 0.15) is 33.6 Å². The molecule has 0 bridgehead atoms. The molecule has 0 aromatic heterocycles. The van der Waals surface area contributed by atoms with Crippen molar-refractivity contribution < 1.29 is 4.74 Å². The molecule has 11 heavy (non-hydrogen) atoms. The van der Waals surface area contributed by atoms with Crippen LogP contribution in [0.2, 0.25) is 0 Å². The predicted octanol–water partition coefficient (Wildman–Crippen LogP) is 1.76. The van der Waals surface area contributed by atoms with Crippen molar-refractivity contribution in [1.82, 2.24) is 5.32 Å². The number of nitrogens with one attached hydrogen (secondary N) is 1. The first-order valence-electron chi connectivity index (χ1n) is 4.55. The van der Waals surface area contributed by atoms with Crippen molar-refractivity contribution in [2.75, 3.05) is 13.2 Å². The van der Waals surface area contributed by atoms with Gasteiger partial charge in [0.1, 0.15) is 5.72 Å². The Balaban J connectivity index is 2.33. The lowest BCUT2D eigenvalue weighted by Gasteiger charge is -2.26. The van der Waals surface area contributed by atoms with Gasteiger partial charge in [0.15, 0.2) is 0 Å². The van der Waals surface area contributed by atoms with E-state index in [0.29, 0.717) is 0 Å². The summed E-state index contributed by atoms with van der Waals surface area (Å²) in [5.74, 6) is 0.755.